The standard InChI is InChI=1S/C16H20N4O4/c1-11(21)20-5-6-24-14(10-20)9-18-16(22)19-13-3-4-15(23-2)12(7-13)8-17/h3-4,7,14H,5-6,9-10H2,1-2H3,(H2,18,19,22)/t14-/m1/s1. The second-order valence-corrected chi connectivity index (χ2v) is 5.32. The van der Waals surface area contributed by atoms with Gasteiger partial charge in [0.2, 0.25) is 5.91 Å². The molecule has 1 aliphatic heterocycles. The maximum atomic E-state index is 12.0. The van der Waals surface area contributed by atoms with E-state index in [4.69, 9.17) is 14.7 Å². The number of carbonyl (C=O) groups excluding carboxylic acids is 2. The second-order valence-electron chi connectivity index (χ2n) is 5.32. The van der Waals surface area contributed by atoms with Crippen LogP contribution in [0.3, 0.4) is 0 Å². The summed E-state index contributed by atoms with van der Waals surface area (Å²) in [6, 6.07) is 6.39. The van der Waals surface area contributed by atoms with Gasteiger partial charge in [-0.1, -0.05) is 0 Å². The Balaban J connectivity index is 1.85. The minimum Gasteiger partial charge on any atom is -0.495 e. The van der Waals surface area contributed by atoms with Crippen LogP contribution in [0.1, 0.15) is 12.5 Å². The smallest absolute Gasteiger partial charge is 0.319 e. The Bertz CT molecular complexity index is 656. The molecule has 8 heteroatoms. The number of rotatable bonds is 4. The molecule has 1 aromatic rings. The highest BCUT2D eigenvalue weighted by Crippen LogP contribution is 2.21. The number of nitrogens with one attached hydrogen (secondary N) is 2. The van der Waals surface area contributed by atoms with Crippen molar-refractivity contribution in [1.29, 1.82) is 5.26 Å². The van der Waals surface area contributed by atoms with Gasteiger partial charge in [-0.25, -0.2) is 4.79 Å². The van der Waals surface area contributed by atoms with Crippen LogP contribution in [-0.4, -0.2) is 56.3 Å². The first-order valence-corrected chi connectivity index (χ1v) is 7.53. The third kappa shape index (κ3) is 4.60. The zero-order valence-corrected chi connectivity index (χ0v) is 13.7. The first kappa shape index (κ1) is 17.6. The van der Waals surface area contributed by atoms with E-state index in [0.29, 0.717) is 36.7 Å². The molecule has 24 heavy (non-hydrogen) atoms. The van der Waals surface area contributed by atoms with Crippen molar-refractivity contribution in [2.45, 2.75) is 13.0 Å². The lowest BCUT2D eigenvalue weighted by Gasteiger charge is -2.32. The van der Waals surface area contributed by atoms with E-state index in [1.165, 1.54) is 20.1 Å². The maximum Gasteiger partial charge on any atom is 0.319 e. The molecule has 128 valence electrons. The van der Waals surface area contributed by atoms with Gasteiger partial charge in [-0.2, -0.15) is 5.26 Å². The highest BCUT2D eigenvalue weighted by atomic mass is 16.5. The normalized spacial score (nSPS) is 16.9. The van der Waals surface area contributed by atoms with Crippen molar-refractivity contribution in [3.63, 3.8) is 0 Å². The number of urea groups is 1. The number of methoxy groups -OCH3 is 1. The Kier molecular flexibility index (Phi) is 5.98. The molecule has 0 bridgehead atoms. The number of anilines is 1. The molecule has 1 fully saturated rings. The molecule has 1 heterocycles. The van der Waals surface area contributed by atoms with Gasteiger partial charge in [0.1, 0.15) is 11.8 Å². The molecule has 0 unspecified atom stereocenters. The highest BCUT2D eigenvalue weighted by Gasteiger charge is 2.22. The average molecular weight is 332 g/mol. The summed E-state index contributed by atoms with van der Waals surface area (Å²) >= 11 is 0. The lowest BCUT2D eigenvalue weighted by atomic mass is 10.2. The number of benzene rings is 1. The zero-order chi connectivity index (χ0) is 17.5. The third-order valence-electron chi connectivity index (χ3n) is 3.65. The molecule has 0 radical (unpaired) electrons. The molecule has 1 aromatic carbocycles. The van der Waals surface area contributed by atoms with Gasteiger partial charge in [-0.3, -0.25) is 4.79 Å². The van der Waals surface area contributed by atoms with Gasteiger partial charge in [-0.15, -0.1) is 0 Å². The number of ether oxygens (including phenoxy) is 2. The van der Waals surface area contributed by atoms with E-state index in [1.54, 1.807) is 17.0 Å². The molecule has 3 amide bonds. The van der Waals surface area contributed by atoms with Crippen molar-refractivity contribution in [3.8, 4) is 11.8 Å². The molecule has 8 nitrogen and oxygen atoms in total. The molecule has 1 aliphatic rings. The molecule has 0 aromatic heterocycles. The molecule has 2 N–H and O–H groups in total. The number of nitriles is 1. The Morgan fingerprint density at radius 2 is 2.29 bits per heavy atom. The lowest BCUT2D eigenvalue weighted by Crippen LogP contribution is -2.49. The lowest BCUT2D eigenvalue weighted by molar-refractivity contribution is -0.136. The summed E-state index contributed by atoms with van der Waals surface area (Å²) in [6.45, 7) is 3.28. The van der Waals surface area contributed by atoms with Crippen molar-refractivity contribution >= 4 is 17.6 Å². The quantitative estimate of drug-likeness (QED) is 0.854. The first-order chi connectivity index (χ1) is 11.5. The Morgan fingerprint density at radius 3 is 2.96 bits per heavy atom. The van der Waals surface area contributed by atoms with Gasteiger partial charge in [0.25, 0.3) is 0 Å². The summed E-state index contributed by atoms with van der Waals surface area (Å²) in [5, 5.41) is 14.4. The van der Waals surface area contributed by atoms with Crippen molar-refractivity contribution in [2.75, 3.05) is 38.7 Å². The topological polar surface area (TPSA) is 104 Å². The van der Waals surface area contributed by atoms with Crippen LogP contribution >= 0.6 is 0 Å². The predicted molar refractivity (Wildman–Crippen MR) is 86.7 cm³/mol. The van der Waals surface area contributed by atoms with Gasteiger partial charge in [0, 0.05) is 32.2 Å². The van der Waals surface area contributed by atoms with E-state index in [9.17, 15) is 9.59 Å². The fraction of sp³-hybridized carbons (Fsp3) is 0.438. The zero-order valence-electron chi connectivity index (χ0n) is 13.7. The minimum atomic E-state index is -0.410. The predicted octanol–water partition coefficient (Wildman–Crippen LogP) is 0.936. The van der Waals surface area contributed by atoms with Gasteiger partial charge >= 0.3 is 6.03 Å². The van der Waals surface area contributed by atoms with Crippen molar-refractivity contribution in [2.24, 2.45) is 0 Å². The third-order valence-corrected chi connectivity index (χ3v) is 3.65. The number of amides is 3. The van der Waals surface area contributed by atoms with Crippen molar-refractivity contribution in [1.82, 2.24) is 10.2 Å². The van der Waals surface area contributed by atoms with Crippen LogP contribution in [0.15, 0.2) is 18.2 Å². The van der Waals surface area contributed by atoms with Gasteiger partial charge in [0.05, 0.1) is 25.4 Å². The fourth-order valence-corrected chi connectivity index (χ4v) is 2.38. The van der Waals surface area contributed by atoms with E-state index < -0.39 is 6.03 Å². The van der Waals surface area contributed by atoms with Crippen molar-refractivity contribution < 1.29 is 19.1 Å². The largest absolute Gasteiger partial charge is 0.495 e. The summed E-state index contributed by atoms with van der Waals surface area (Å²) in [5.41, 5.74) is 0.822. The number of hydrogen-bond acceptors (Lipinski definition) is 5. The summed E-state index contributed by atoms with van der Waals surface area (Å²) in [5.74, 6) is 0.443. The molecule has 1 saturated heterocycles. The van der Waals surface area contributed by atoms with Crippen LogP contribution in [0.25, 0.3) is 0 Å². The summed E-state index contributed by atoms with van der Waals surface area (Å²) in [7, 11) is 1.48. The maximum absolute atomic E-state index is 12.0. The molecule has 0 spiro atoms. The first-order valence-electron chi connectivity index (χ1n) is 7.53. The molecule has 2 rings (SSSR count). The fourth-order valence-electron chi connectivity index (χ4n) is 2.38. The average Bonchev–Trinajstić information content (AvgIpc) is 2.60. The van der Waals surface area contributed by atoms with Crippen LogP contribution in [-0.2, 0) is 9.53 Å². The van der Waals surface area contributed by atoms with Crippen molar-refractivity contribution in [3.05, 3.63) is 23.8 Å². The van der Waals surface area contributed by atoms with E-state index in [1.807, 2.05) is 6.07 Å². The summed E-state index contributed by atoms with van der Waals surface area (Å²) in [6.07, 6.45) is -0.237. The summed E-state index contributed by atoms with van der Waals surface area (Å²) < 4.78 is 10.6. The second kappa shape index (κ2) is 8.17. The van der Waals surface area contributed by atoms with Crippen LogP contribution in [0, 0.1) is 11.3 Å². The Hall–Kier alpha value is -2.79. The van der Waals surface area contributed by atoms with Crippen LogP contribution < -0.4 is 15.4 Å². The van der Waals surface area contributed by atoms with E-state index in [0.717, 1.165) is 0 Å². The molecular weight excluding hydrogens is 312 g/mol. The Labute approximate surface area is 140 Å². The van der Waals surface area contributed by atoms with E-state index >= 15 is 0 Å². The van der Waals surface area contributed by atoms with E-state index in [2.05, 4.69) is 10.6 Å². The van der Waals surface area contributed by atoms with Crippen LogP contribution in [0.2, 0.25) is 0 Å². The van der Waals surface area contributed by atoms with Gasteiger partial charge < -0.3 is 25.0 Å². The van der Waals surface area contributed by atoms with Gasteiger partial charge in [-0.05, 0) is 18.2 Å². The number of hydrogen-bond donors (Lipinski definition) is 2. The number of morpholine rings is 1. The molecular formula is C16H20N4O4. The molecule has 1 atom stereocenters. The minimum absolute atomic E-state index is 0.00461. The number of nitrogens with zero attached hydrogens (tertiary/aromatic N) is 2. The summed E-state index contributed by atoms with van der Waals surface area (Å²) in [4.78, 5) is 25.0. The Morgan fingerprint density at radius 1 is 1.50 bits per heavy atom. The molecule has 0 saturated carbocycles. The monoisotopic (exact) mass is 332 g/mol. The van der Waals surface area contributed by atoms with Crippen LogP contribution in [0.5, 0.6) is 5.75 Å². The SMILES string of the molecule is COc1ccc(NC(=O)NC[C@@H]2CN(C(C)=O)CCO2)cc1C#N. The van der Waals surface area contributed by atoms with Gasteiger partial charge in [0.15, 0.2) is 0 Å². The van der Waals surface area contributed by atoms with E-state index in [-0.39, 0.29) is 18.6 Å². The number of carbonyl (C=O) groups is 2. The highest BCUT2D eigenvalue weighted by molar-refractivity contribution is 5.89. The molecule has 0 aliphatic carbocycles. The van der Waals surface area contributed by atoms with Crippen LogP contribution in [0.4, 0.5) is 10.5 Å².